The van der Waals surface area contributed by atoms with Crippen molar-refractivity contribution in [2.24, 2.45) is 11.3 Å². The highest BCUT2D eigenvalue weighted by Crippen LogP contribution is 2.52. The molecule has 5 atom stereocenters. The Morgan fingerprint density at radius 2 is 1.79 bits per heavy atom. The molecular weight excluding hydrogens is 542 g/mol. The number of rotatable bonds is 9. The zero-order valence-electron chi connectivity index (χ0n) is 26.1. The molecule has 1 aromatic carbocycles. The summed E-state index contributed by atoms with van der Waals surface area (Å²) in [5.74, 6) is 0.0305. The SMILES string of the molecule is COc1ncc(C2CCC2)cc1CN[C@H]1[C@H](C(C)(C)C)[C@@H](C(=O)O)N(C(=O)[C@@H]2CCCCO2)[C@H]1c1ccccc1C1CC1. The van der Waals surface area contributed by atoms with Crippen molar-refractivity contribution in [1.29, 1.82) is 0 Å². The number of nitrogens with zero attached hydrogens (tertiary/aromatic N) is 2. The number of methoxy groups -OCH3 is 1. The number of aromatic nitrogens is 1. The van der Waals surface area contributed by atoms with Crippen molar-refractivity contribution >= 4 is 11.9 Å². The monoisotopic (exact) mass is 589 g/mol. The number of amides is 1. The normalized spacial score (nSPS) is 28.0. The number of hydrogen-bond donors (Lipinski definition) is 2. The quantitative estimate of drug-likeness (QED) is 0.372. The number of benzene rings is 1. The Kier molecular flexibility index (Phi) is 8.53. The van der Waals surface area contributed by atoms with Crippen LogP contribution in [0.15, 0.2) is 36.5 Å². The van der Waals surface area contributed by atoms with Crippen LogP contribution in [0.4, 0.5) is 0 Å². The highest BCUT2D eigenvalue weighted by Gasteiger charge is 2.59. The molecule has 2 saturated heterocycles. The Morgan fingerprint density at radius 3 is 2.37 bits per heavy atom. The Balaban J connectivity index is 1.44. The Labute approximate surface area is 255 Å². The minimum atomic E-state index is -0.992. The van der Waals surface area contributed by atoms with Crippen LogP contribution in [0.1, 0.15) is 112 Å². The number of aliphatic carboxylic acids is 1. The average molecular weight is 590 g/mol. The molecule has 1 aromatic heterocycles. The van der Waals surface area contributed by atoms with E-state index >= 15 is 0 Å². The van der Waals surface area contributed by atoms with Crippen LogP contribution in [0.3, 0.4) is 0 Å². The van der Waals surface area contributed by atoms with Crippen LogP contribution >= 0.6 is 0 Å². The third-order valence-electron chi connectivity index (χ3n) is 10.2. The van der Waals surface area contributed by atoms with E-state index in [-0.39, 0.29) is 17.9 Å². The summed E-state index contributed by atoms with van der Waals surface area (Å²) in [6.45, 7) is 7.27. The average Bonchev–Trinajstić information content (AvgIpc) is 3.75. The first-order chi connectivity index (χ1) is 20.7. The first-order valence-corrected chi connectivity index (χ1v) is 16.2. The molecule has 8 heteroatoms. The van der Waals surface area contributed by atoms with Crippen LogP contribution in [-0.2, 0) is 20.9 Å². The van der Waals surface area contributed by atoms with Gasteiger partial charge in [0, 0.05) is 36.9 Å². The standard InChI is InChI=1S/C35H47N3O5/c1-35(2,3)28-29(36-20-24-18-23(21-10-9-11-21)19-37-32(24)42-4)30(26-13-6-5-12-25(26)22-15-16-22)38(31(28)34(40)41)33(39)27-14-7-8-17-43-27/h5-6,12-13,18-19,21-22,27-31,36H,7-11,14-17,20H2,1-4H3,(H,40,41)/t27-,28-,29-,30-,31-/m0/s1. The largest absolute Gasteiger partial charge is 0.481 e. The van der Waals surface area contributed by atoms with E-state index in [1.807, 2.05) is 12.3 Å². The summed E-state index contributed by atoms with van der Waals surface area (Å²) in [4.78, 5) is 34.0. The number of carboxylic acids is 1. The molecule has 0 unspecified atom stereocenters. The summed E-state index contributed by atoms with van der Waals surface area (Å²) < 4.78 is 11.7. The van der Waals surface area contributed by atoms with Crippen molar-refractivity contribution in [1.82, 2.24) is 15.2 Å². The summed E-state index contributed by atoms with van der Waals surface area (Å²) in [5.41, 5.74) is 4.06. The van der Waals surface area contributed by atoms with E-state index in [0.29, 0.717) is 37.3 Å². The molecule has 6 rings (SSSR count). The van der Waals surface area contributed by atoms with Gasteiger partial charge in [0.05, 0.1) is 13.2 Å². The van der Waals surface area contributed by atoms with Gasteiger partial charge in [0.2, 0.25) is 5.88 Å². The summed E-state index contributed by atoms with van der Waals surface area (Å²) >= 11 is 0. The second kappa shape index (κ2) is 12.2. The molecule has 2 aromatic rings. The Morgan fingerprint density at radius 1 is 1.05 bits per heavy atom. The lowest BCUT2D eigenvalue weighted by Gasteiger charge is -2.36. The molecule has 43 heavy (non-hydrogen) atoms. The number of likely N-dealkylation sites (tertiary alicyclic amines) is 1. The number of carboxylic acid groups (broad SMARTS) is 1. The number of carbonyl (C=O) groups excluding carboxylic acids is 1. The van der Waals surface area contributed by atoms with Crippen LogP contribution in [0, 0.1) is 11.3 Å². The van der Waals surface area contributed by atoms with E-state index in [2.05, 4.69) is 55.3 Å². The molecule has 2 saturated carbocycles. The zero-order chi connectivity index (χ0) is 30.3. The third kappa shape index (κ3) is 5.93. The van der Waals surface area contributed by atoms with Gasteiger partial charge in [-0.25, -0.2) is 9.78 Å². The van der Waals surface area contributed by atoms with Crippen molar-refractivity contribution < 1.29 is 24.2 Å². The second-order valence-electron chi connectivity index (χ2n) is 14.1. The van der Waals surface area contributed by atoms with E-state index < -0.39 is 29.6 Å². The van der Waals surface area contributed by atoms with E-state index in [4.69, 9.17) is 9.47 Å². The maximum absolute atomic E-state index is 14.4. The Hall–Kier alpha value is -2.97. The van der Waals surface area contributed by atoms with Gasteiger partial charge in [-0.15, -0.1) is 0 Å². The highest BCUT2D eigenvalue weighted by atomic mass is 16.5. The molecule has 4 aliphatic rings. The molecule has 1 amide bonds. The number of hydrogen-bond acceptors (Lipinski definition) is 6. The molecular formula is C35H47N3O5. The van der Waals surface area contributed by atoms with Crippen molar-refractivity contribution in [3.63, 3.8) is 0 Å². The maximum atomic E-state index is 14.4. The summed E-state index contributed by atoms with van der Waals surface area (Å²) in [5, 5.41) is 14.7. The molecule has 232 valence electrons. The van der Waals surface area contributed by atoms with Gasteiger partial charge in [0.1, 0.15) is 12.1 Å². The molecule has 2 aliphatic heterocycles. The molecule has 3 heterocycles. The van der Waals surface area contributed by atoms with Gasteiger partial charge in [0.15, 0.2) is 0 Å². The van der Waals surface area contributed by atoms with Gasteiger partial charge < -0.3 is 24.8 Å². The summed E-state index contributed by atoms with van der Waals surface area (Å²) in [6, 6.07) is 8.80. The highest BCUT2D eigenvalue weighted by molar-refractivity contribution is 5.88. The molecule has 4 fully saturated rings. The predicted octanol–water partition coefficient (Wildman–Crippen LogP) is 5.96. The molecule has 2 aliphatic carbocycles. The van der Waals surface area contributed by atoms with Crippen LogP contribution in [0.25, 0.3) is 0 Å². The fourth-order valence-corrected chi connectivity index (χ4v) is 7.72. The van der Waals surface area contributed by atoms with E-state index in [1.165, 1.54) is 30.4 Å². The number of nitrogens with one attached hydrogen (secondary N) is 1. The van der Waals surface area contributed by atoms with Crippen LogP contribution in [0.2, 0.25) is 0 Å². The molecule has 0 spiro atoms. The lowest BCUT2D eigenvalue weighted by atomic mass is 9.72. The zero-order valence-corrected chi connectivity index (χ0v) is 26.1. The predicted molar refractivity (Wildman–Crippen MR) is 164 cm³/mol. The topological polar surface area (TPSA) is 101 Å². The molecule has 8 nitrogen and oxygen atoms in total. The van der Waals surface area contributed by atoms with Crippen molar-refractivity contribution in [2.75, 3.05) is 13.7 Å². The van der Waals surface area contributed by atoms with Crippen molar-refractivity contribution in [2.45, 2.75) is 115 Å². The second-order valence-corrected chi connectivity index (χ2v) is 14.1. The van der Waals surface area contributed by atoms with Gasteiger partial charge in [-0.2, -0.15) is 0 Å². The van der Waals surface area contributed by atoms with Crippen LogP contribution in [-0.4, -0.2) is 58.8 Å². The lowest BCUT2D eigenvalue weighted by Crippen LogP contribution is -2.51. The fraction of sp³-hybridized carbons (Fsp3) is 0.629. The maximum Gasteiger partial charge on any atom is 0.326 e. The Bertz CT molecular complexity index is 1320. The number of ether oxygens (including phenoxy) is 2. The number of carbonyl (C=O) groups is 2. The van der Waals surface area contributed by atoms with E-state index in [9.17, 15) is 14.7 Å². The summed E-state index contributed by atoms with van der Waals surface area (Å²) in [6.07, 6.45) is 9.58. The minimum absolute atomic E-state index is 0.201. The first kappa shape index (κ1) is 30.1. The van der Waals surface area contributed by atoms with Gasteiger partial charge in [-0.1, -0.05) is 51.5 Å². The van der Waals surface area contributed by atoms with Gasteiger partial charge >= 0.3 is 5.97 Å². The van der Waals surface area contributed by atoms with Crippen molar-refractivity contribution in [3.05, 3.63) is 58.8 Å². The van der Waals surface area contributed by atoms with Crippen LogP contribution < -0.4 is 10.1 Å². The number of pyridine rings is 1. The van der Waals surface area contributed by atoms with Gasteiger partial charge in [-0.3, -0.25) is 4.79 Å². The van der Waals surface area contributed by atoms with Gasteiger partial charge in [0.25, 0.3) is 5.91 Å². The van der Waals surface area contributed by atoms with Crippen molar-refractivity contribution in [3.8, 4) is 5.88 Å². The molecule has 0 bridgehead atoms. The molecule has 2 N–H and O–H groups in total. The van der Waals surface area contributed by atoms with Crippen LogP contribution in [0.5, 0.6) is 5.88 Å². The smallest absolute Gasteiger partial charge is 0.326 e. The van der Waals surface area contributed by atoms with E-state index in [1.54, 1.807) is 12.0 Å². The fourth-order valence-electron chi connectivity index (χ4n) is 7.72. The molecule has 0 radical (unpaired) electrons. The van der Waals surface area contributed by atoms with E-state index in [0.717, 1.165) is 36.8 Å². The third-order valence-corrected chi connectivity index (χ3v) is 10.2. The lowest BCUT2D eigenvalue weighted by molar-refractivity contribution is -0.159. The van der Waals surface area contributed by atoms with Gasteiger partial charge in [-0.05, 0) is 85.0 Å². The first-order valence-electron chi connectivity index (χ1n) is 16.2. The summed E-state index contributed by atoms with van der Waals surface area (Å²) in [7, 11) is 1.64. The minimum Gasteiger partial charge on any atom is -0.481 e.